The first kappa shape index (κ1) is 20.4. The molecule has 3 atom stereocenters. The van der Waals surface area contributed by atoms with Crippen molar-refractivity contribution in [3.63, 3.8) is 0 Å². The van der Waals surface area contributed by atoms with Crippen molar-refractivity contribution in [3.05, 3.63) is 62.9 Å². The van der Waals surface area contributed by atoms with E-state index in [1.54, 1.807) is 12.1 Å². The molecule has 0 unspecified atom stereocenters. The number of carbonyl (C=O) groups is 1. The summed E-state index contributed by atoms with van der Waals surface area (Å²) in [5, 5.41) is 11.0. The highest BCUT2D eigenvalue weighted by molar-refractivity contribution is 6.35. The van der Waals surface area contributed by atoms with Crippen LogP contribution in [-0.4, -0.2) is 48.3 Å². The van der Waals surface area contributed by atoms with Crippen LogP contribution in [0.2, 0.25) is 10.0 Å². The third-order valence-electron chi connectivity index (χ3n) is 5.53. The molecule has 154 valence electrons. The Labute approximate surface area is 177 Å². The highest BCUT2D eigenvalue weighted by Crippen LogP contribution is 2.43. The zero-order chi connectivity index (χ0) is 20.7. The van der Waals surface area contributed by atoms with Crippen LogP contribution in [0.5, 0.6) is 5.75 Å². The molecule has 29 heavy (non-hydrogen) atoms. The van der Waals surface area contributed by atoms with Gasteiger partial charge >= 0.3 is 5.97 Å². The van der Waals surface area contributed by atoms with E-state index in [0.717, 1.165) is 23.7 Å². The van der Waals surface area contributed by atoms with Gasteiger partial charge in [-0.25, -0.2) is 9.18 Å². The molecular weight excluding hydrogens is 420 g/mol. The Bertz CT molecular complexity index is 955. The molecule has 0 saturated carbocycles. The summed E-state index contributed by atoms with van der Waals surface area (Å²) < 4.78 is 25.4. The number of esters is 1. The van der Waals surface area contributed by atoms with Crippen LogP contribution < -0.4 is 4.74 Å². The van der Waals surface area contributed by atoms with E-state index in [1.807, 2.05) is 0 Å². The molecule has 0 radical (unpaired) electrons. The number of nitrogens with zero attached hydrogens (tertiary/aromatic N) is 1. The molecule has 0 amide bonds. The summed E-state index contributed by atoms with van der Waals surface area (Å²) >= 11 is 12.6. The molecule has 2 aromatic rings. The third-order valence-corrected chi connectivity index (χ3v) is 6.09. The lowest BCUT2D eigenvalue weighted by molar-refractivity contribution is 0.0599. The Morgan fingerprint density at radius 1 is 1.28 bits per heavy atom. The minimum absolute atomic E-state index is 0.0244. The average molecular weight is 440 g/mol. The summed E-state index contributed by atoms with van der Waals surface area (Å²) in [6, 6.07) is 7.34. The zero-order valence-corrected chi connectivity index (χ0v) is 17.2. The molecule has 4 rings (SSSR count). The van der Waals surface area contributed by atoms with Crippen molar-refractivity contribution < 1.29 is 23.8 Å². The van der Waals surface area contributed by atoms with Gasteiger partial charge < -0.3 is 14.6 Å². The number of rotatable bonds is 4. The molecule has 1 heterocycles. The predicted molar refractivity (Wildman–Crippen MR) is 107 cm³/mol. The number of carbonyl (C=O) groups excluding carboxylic acids is 1. The fourth-order valence-corrected chi connectivity index (χ4v) is 4.71. The number of ether oxygens (including phenoxy) is 2. The first-order chi connectivity index (χ1) is 13.9. The van der Waals surface area contributed by atoms with Gasteiger partial charge in [0.15, 0.2) is 11.6 Å². The second-order valence-electron chi connectivity index (χ2n) is 7.34. The number of aliphatic hydroxyl groups excluding tert-OH is 1. The van der Waals surface area contributed by atoms with Gasteiger partial charge in [-0.2, -0.15) is 0 Å². The van der Waals surface area contributed by atoms with Crippen LogP contribution >= 0.6 is 23.2 Å². The zero-order valence-electron chi connectivity index (χ0n) is 15.7. The Morgan fingerprint density at radius 3 is 2.72 bits per heavy atom. The number of hydrogen-bond donors (Lipinski definition) is 1. The molecule has 1 aliphatic heterocycles. The van der Waals surface area contributed by atoms with E-state index in [2.05, 4.69) is 9.64 Å². The molecule has 1 fully saturated rings. The Morgan fingerprint density at radius 2 is 2.07 bits per heavy atom. The number of methoxy groups -OCH3 is 1. The van der Waals surface area contributed by atoms with Crippen molar-refractivity contribution in [1.29, 1.82) is 0 Å². The van der Waals surface area contributed by atoms with E-state index in [-0.39, 0.29) is 17.4 Å². The lowest BCUT2D eigenvalue weighted by Crippen LogP contribution is -2.39. The standard InChI is InChI=1S/C21H20Cl2FNO4/c1-28-21(27)11-2-3-19(17(24)6-11)29-20-15-7-12(22)8-16(23)14(15)9-18(20)25-5-4-13(26)10-25/h2-3,6-8,13,18,20,26H,4-5,9-10H2,1H3/t13-,18+,20+/m1/s1. The molecule has 2 aliphatic rings. The largest absolute Gasteiger partial charge is 0.481 e. The van der Waals surface area contributed by atoms with Gasteiger partial charge in [0.05, 0.1) is 24.8 Å². The molecule has 2 aromatic carbocycles. The van der Waals surface area contributed by atoms with Crippen LogP contribution in [0.3, 0.4) is 0 Å². The van der Waals surface area contributed by atoms with E-state index < -0.39 is 24.0 Å². The van der Waals surface area contributed by atoms with Gasteiger partial charge in [0.2, 0.25) is 0 Å². The van der Waals surface area contributed by atoms with Gasteiger partial charge in [0.1, 0.15) is 6.10 Å². The maximum atomic E-state index is 14.7. The molecule has 1 N–H and O–H groups in total. The van der Waals surface area contributed by atoms with Crippen LogP contribution in [0, 0.1) is 5.82 Å². The third kappa shape index (κ3) is 3.94. The Balaban J connectivity index is 1.68. The summed E-state index contributed by atoms with van der Waals surface area (Å²) in [6.07, 6.45) is 0.389. The highest BCUT2D eigenvalue weighted by Gasteiger charge is 2.42. The summed E-state index contributed by atoms with van der Waals surface area (Å²) in [6.45, 7) is 1.24. The smallest absolute Gasteiger partial charge is 0.337 e. The fraction of sp³-hybridized carbons (Fsp3) is 0.381. The predicted octanol–water partition coefficient (Wildman–Crippen LogP) is 4.03. The van der Waals surface area contributed by atoms with Crippen LogP contribution in [0.4, 0.5) is 4.39 Å². The van der Waals surface area contributed by atoms with Crippen molar-refractivity contribution >= 4 is 29.2 Å². The topological polar surface area (TPSA) is 59.0 Å². The van der Waals surface area contributed by atoms with Gasteiger partial charge in [-0.1, -0.05) is 23.2 Å². The lowest BCUT2D eigenvalue weighted by Gasteiger charge is -2.30. The molecule has 1 aliphatic carbocycles. The molecule has 5 nitrogen and oxygen atoms in total. The number of hydrogen-bond acceptors (Lipinski definition) is 5. The van der Waals surface area contributed by atoms with Crippen molar-refractivity contribution in [2.75, 3.05) is 20.2 Å². The minimum Gasteiger partial charge on any atom is -0.481 e. The van der Waals surface area contributed by atoms with Crippen LogP contribution in [0.1, 0.15) is 34.0 Å². The number of likely N-dealkylation sites (tertiary alicyclic amines) is 1. The van der Waals surface area contributed by atoms with Crippen molar-refractivity contribution in [2.24, 2.45) is 0 Å². The monoisotopic (exact) mass is 439 g/mol. The normalized spacial score (nSPS) is 23.8. The second-order valence-corrected chi connectivity index (χ2v) is 8.18. The van der Waals surface area contributed by atoms with Gasteiger partial charge in [-0.05, 0) is 48.7 Å². The number of β-amino-alcohol motifs (C(OH)–C–C–N with tert-alkyl or cyclic N) is 1. The Hall–Kier alpha value is -1.86. The molecule has 0 spiro atoms. The molecule has 1 saturated heterocycles. The van der Waals surface area contributed by atoms with Crippen LogP contribution in [0.25, 0.3) is 0 Å². The van der Waals surface area contributed by atoms with E-state index in [9.17, 15) is 14.3 Å². The summed E-state index contributed by atoms with van der Waals surface area (Å²) in [5.41, 5.74) is 1.83. The summed E-state index contributed by atoms with van der Waals surface area (Å²) in [7, 11) is 1.24. The van der Waals surface area contributed by atoms with Crippen LogP contribution in [0.15, 0.2) is 30.3 Å². The quantitative estimate of drug-likeness (QED) is 0.728. The lowest BCUT2D eigenvalue weighted by atomic mass is 10.1. The molecular formula is C21H20Cl2FNO4. The maximum Gasteiger partial charge on any atom is 0.337 e. The van der Waals surface area contributed by atoms with E-state index in [1.165, 1.54) is 19.2 Å². The van der Waals surface area contributed by atoms with Gasteiger partial charge in [-0.3, -0.25) is 4.90 Å². The fourth-order valence-electron chi connectivity index (χ4n) is 4.13. The number of fused-ring (bicyclic) bond motifs is 1. The first-order valence-corrected chi connectivity index (χ1v) is 10.1. The van der Waals surface area contributed by atoms with E-state index in [0.29, 0.717) is 29.4 Å². The maximum absolute atomic E-state index is 14.7. The second kappa shape index (κ2) is 8.11. The van der Waals surface area contributed by atoms with Crippen molar-refractivity contribution in [1.82, 2.24) is 4.90 Å². The molecule has 0 aromatic heterocycles. The highest BCUT2D eigenvalue weighted by atomic mass is 35.5. The Kier molecular flexibility index (Phi) is 5.71. The van der Waals surface area contributed by atoms with E-state index >= 15 is 0 Å². The molecule has 0 bridgehead atoms. The van der Waals surface area contributed by atoms with Crippen LogP contribution in [-0.2, 0) is 11.2 Å². The minimum atomic E-state index is -0.658. The first-order valence-electron chi connectivity index (χ1n) is 9.32. The van der Waals surface area contributed by atoms with Crippen molar-refractivity contribution in [3.8, 4) is 5.75 Å². The van der Waals surface area contributed by atoms with Gasteiger partial charge in [0.25, 0.3) is 0 Å². The number of halogens is 3. The van der Waals surface area contributed by atoms with Gasteiger partial charge in [0, 0.05) is 28.7 Å². The molecule has 8 heteroatoms. The summed E-state index contributed by atoms with van der Waals surface area (Å²) in [5.74, 6) is -1.25. The van der Waals surface area contributed by atoms with Crippen molar-refractivity contribution in [2.45, 2.75) is 31.1 Å². The average Bonchev–Trinajstić information content (AvgIpc) is 3.26. The SMILES string of the molecule is COC(=O)c1ccc(O[C@H]2c3cc(Cl)cc(Cl)c3C[C@@H]2N2CC[C@@H](O)C2)c(F)c1. The number of benzene rings is 2. The summed E-state index contributed by atoms with van der Waals surface area (Å²) in [4.78, 5) is 13.8. The number of aliphatic hydroxyl groups is 1. The van der Waals surface area contributed by atoms with Gasteiger partial charge in [-0.15, -0.1) is 0 Å². The van der Waals surface area contributed by atoms with E-state index in [4.69, 9.17) is 27.9 Å².